The Morgan fingerprint density at radius 3 is 3.05 bits per heavy atom. The van der Waals surface area contributed by atoms with Crippen LogP contribution < -0.4 is 10.1 Å². The molecule has 0 aliphatic carbocycles. The second-order valence-corrected chi connectivity index (χ2v) is 3.96. The molecule has 0 bridgehead atoms. The van der Waals surface area contributed by atoms with Gasteiger partial charge in [0.1, 0.15) is 18.3 Å². The summed E-state index contributed by atoms with van der Waals surface area (Å²) in [5.74, 6) is 0.219. The van der Waals surface area contributed by atoms with Crippen LogP contribution in [-0.4, -0.2) is 39.2 Å². The van der Waals surface area contributed by atoms with Crippen molar-refractivity contribution in [1.29, 1.82) is 0 Å². The van der Waals surface area contributed by atoms with E-state index in [-0.39, 0.29) is 11.9 Å². The number of rotatable bonds is 6. The normalized spacial score (nSPS) is 12.1. The first kappa shape index (κ1) is 13.1. The van der Waals surface area contributed by atoms with Crippen molar-refractivity contribution in [1.82, 2.24) is 25.4 Å². The van der Waals surface area contributed by atoms with Gasteiger partial charge in [-0.1, -0.05) is 5.16 Å². The van der Waals surface area contributed by atoms with Crippen LogP contribution in [-0.2, 0) is 4.79 Å². The van der Waals surface area contributed by atoms with Gasteiger partial charge in [-0.2, -0.15) is 5.10 Å². The maximum absolute atomic E-state index is 11.8. The van der Waals surface area contributed by atoms with Gasteiger partial charge in [-0.15, -0.1) is 0 Å². The third-order valence-corrected chi connectivity index (χ3v) is 2.55. The van der Waals surface area contributed by atoms with Crippen LogP contribution in [0.5, 0.6) is 5.88 Å². The molecule has 2 aromatic rings. The lowest BCUT2D eigenvalue weighted by molar-refractivity contribution is -0.124. The molecule has 0 aliphatic heterocycles. The Balaban J connectivity index is 1.71. The van der Waals surface area contributed by atoms with Gasteiger partial charge in [-0.05, 0) is 25.1 Å². The van der Waals surface area contributed by atoms with Crippen LogP contribution >= 0.6 is 0 Å². The Bertz CT molecular complexity index is 522. The minimum atomic E-state index is -0.356. The summed E-state index contributed by atoms with van der Waals surface area (Å²) >= 11 is 0. The first-order chi connectivity index (χ1) is 9.18. The van der Waals surface area contributed by atoms with Crippen molar-refractivity contribution in [3.8, 4) is 5.88 Å². The number of nitrogens with zero attached hydrogens (tertiary/aromatic N) is 4. The van der Waals surface area contributed by atoms with Gasteiger partial charge in [0.15, 0.2) is 0 Å². The topological polar surface area (TPSA) is 95.1 Å². The van der Waals surface area contributed by atoms with Crippen molar-refractivity contribution in [2.75, 3.05) is 13.2 Å². The van der Waals surface area contributed by atoms with E-state index in [2.05, 4.69) is 25.4 Å². The van der Waals surface area contributed by atoms with E-state index in [1.807, 2.05) is 0 Å². The molecule has 2 rings (SSSR count). The first-order valence-corrected chi connectivity index (χ1v) is 5.87. The Morgan fingerprint density at radius 2 is 2.42 bits per heavy atom. The number of ether oxygens (including phenoxy) is 1. The Labute approximate surface area is 109 Å². The Kier molecular flexibility index (Phi) is 4.11. The zero-order chi connectivity index (χ0) is 13.7. The summed E-state index contributed by atoms with van der Waals surface area (Å²) in [5, 5.41) is 13.9. The van der Waals surface area contributed by atoms with E-state index < -0.39 is 0 Å². The fourth-order valence-corrected chi connectivity index (χ4v) is 1.45. The van der Waals surface area contributed by atoms with Crippen molar-refractivity contribution in [3.63, 3.8) is 0 Å². The largest absolute Gasteiger partial charge is 0.472 e. The highest BCUT2D eigenvalue weighted by atomic mass is 16.6. The number of hydrogen-bond donors (Lipinski definition) is 1. The maximum Gasteiger partial charge on any atom is 0.278 e. The molecule has 1 atom stereocenters. The number of aromatic nitrogens is 4. The van der Waals surface area contributed by atoms with Gasteiger partial charge < -0.3 is 10.1 Å². The smallest absolute Gasteiger partial charge is 0.278 e. The second kappa shape index (κ2) is 5.98. The Morgan fingerprint density at radius 1 is 1.58 bits per heavy atom. The summed E-state index contributed by atoms with van der Waals surface area (Å²) in [6, 6.07) is 1.42. The molecule has 2 aromatic heterocycles. The molecule has 1 N–H and O–H groups in total. The first-order valence-electron chi connectivity index (χ1n) is 5.87. The second-order valence-electron chi connectivity index (χ2n) is 3.96. The zero-order valence-electron chi connectivity index (χ0n) is 10.7. The van der Waals surface area contributed by atoms with Gasteiger partial charge in [0.25, 0.3) is 5.88 Å². The van der Waals surface area contributed by atoms with Crippen molar-refractivity contribution in [2.24, 2.45) is 0 Å². The molecule has 0 spiro atoms. The van der Waals surface area contributed by atoms with Crippen LogP contribution in [0, 0.1) is 6.92 Å². The van der Waals surface area contributed by atoms with E-state index in [9.17, 15) is 4.79 Å². The molecule has 0 radical (unpaired) electrons. The molecule has 19 heavy (non-hydrogen) atoms. The summed E-state index contributed by atoms with van der Waals surface area (Å²) in [5.41, 5.74) is 0.580. The maximum atomic E-state index is 11.8. The van der Waals surface area contributed by atoms with Crippen LogP contribution in [0.2, 0.25) is 0 Å². The van der Waals surface area contributed by atoms with Crippen molar-refractivity contribution < 1.29 is 14.2 Å². The van der Waals surface area contributed by atoms with Crippen LogP contribution in [0.15, 0.2) is 23.1 Å². The number of nitrogens with one attached hydrogen (secondary N) is 1. The predicted molar refractivity (Wildman–Crippen MR) is 64.5 cm³/mol. The standard InChI is InChI=1S/C11H15N5O3/c1-8-11(15-19-14-8)18-7-5-12-10(17)9(2)16-6-3-4-13-16/h3-4,6,9H,5,7H2,1-2H3,(H,12,17)/t9-/m0/s1. The van der Waals surface area contributed by atoms with Gasteiger partial charge in [0.2, 0.25) is 5.91 Å². The summed E-state index contributed by atoms with van der Waals surface area (Å²) in [6.45, 7) is 4.17. The minimum Gasteiger partial charge on any atom is -0.472 e. The molecular weight excluding hydrogens is 250 g/mol. The lowest BCUT2D eigenvalue weighted by Gasteiger charge is -2.12. The van der Waals surface area contributed by atoms with Crippen molar-refractivity contribution in [2.45, 2.75) is 19.9 Å². The summed E-state index contributed by atoms with van der Waals surface area (Å²) in [7, 11) is 0. The average molecular weight is 265 g/mol. The van der Waals surface area contributed by atoms with Crippen LogP contribution in [0.25, 0.3) is 0 Å². The number of hydrogen-bond acceptors (Lipinski definition) is 6. The van der Waals surface area contributed by atoms with Crippen molar-refractivity contribution >= 4 is 5.91 Å². The van der Waals surface area contributed by atoms with E-state index in [0.29, 0.717) is 24.7 Å². The highest BCUT2D eigenvalue weighted by Crippen LogP contribution is 2.09. The van der Waals surface area contributed by atoms with Gasteiger partial charge >= 0.3 is 0 Å². The third kappa shape index (κ3) is 3.30. The molecule has 8 heteroatoms. The van der Waals surface area contributed by atoms with Gasteiger partial charge in [0.05, 0.1) is 6.54 Å². The fourth-order valence-electron chi connectivity index (χ4n) is 1.45. The van der Waals surface area contributed by atoms with Crippen molar-refractivity contribution in [3.05, 3.63) is 24.2 Å². The van der Waals surface area contributed by atoms with Gasteiger partial charge in [0, 0.05) is 12.4 Å². The van der Waals surface area contributed by atoms with Crippen LogP contribution in [0.4, 0.5) is 0 Å². The Hall–Kier alpha value is -2.38. The van der Waals surface area contributed by atoms with Gasteiger partial charge in [-0.25, -0.2) is 4.63 Å². The van der Waals surface area contributed by atoms with E-state index in [1.54, 1.807) is 37.0 Å². The molecule has 0 fully saturated rings. The quantitative estimate of drug-likeness (QED) is 0.756. The SMILES string of the molecule is Cc1nonc1OCCNC(=O)[C@H](C)n1cccn1. The molecule has 2 heterocycles. The molecule has 102 valence electrons. The molecule has 1 amide bonds. The number of aryl methyl sites for hydroxylation is 1. The van der Waals surface area contributed by atoms with Gasteiger partial charge in [-0.3, -0.25) is 9.48 Å². The minimum absolute atomic E-state index is 0.123. The van der Waals surface area contributed by atoms with Crippen LogP contribution in [0.1, 0.15) is 18.7 Å². The average Bonchev–Trinajstić information content (AvgIpc) is 3.05. The number of carbonyl (C=O) groups excluding carboxylic acids is 1. The number of carbonyl (C=O) groups is 1. The summed E-state index contributed by atoms with van der Waals surface area (Å²) in [6.07, 6.45) is 3.37. The lowest BCUT2D eigenvalue weighted by Crippen LogP contribution is -2.34. The molecule has 8 nitrogen and oxygen atoms in total. The molecule has 0 aliphatic rings. The fraction of sp³-hybridized carbons (Fsp3) is 0.455. The zero-order valence-corrected chi connectivity index (χ0v) is 10.7. The monoisotopic (exact) mass is 265 g/mol. The highest BCUT2D eigenvalue weighted by Gasteiger charge is 2.14. The summed E-state index contributed by atoms with van der Waals surface area (Å²) < 4.78 is 11.4. The third-order valence-electron chi connectivity index (χ3n) is 2.55. The van der Waals surface area contributed by atoms with E-state index >= 15 is 0 Å². The van der Waals surface area contributed by atoms with Crippen LogP contribution in [0.3, 0.4) is 0 Å². The van der Waals surface area contributed by atoms with E-state index in [4.69, 9.17) is 4.74 Å². The molecule has 0 aromatic carbocycles. The lowest BCUT2D eigenvalue weighted by atomic mass is 10.3. The predicted octanol–water partition coefficient (Wildman–Crippen LogP) is 0.331. The molecule has 0 saturated heterocycles. The molecule has 0 saturated carbocycles. The summed E-state index contributed by atoms with van der Waals surface area (Å²) in [4.78, 5) is 11.8. The molecule has 0 unspecified atom stereocenters. The number of amides is 1. The molecular formula is C11H15N5O3. The van der Waals surface area contributed by atoms with E-state index in [0.717, 1.165) is 0 Å². The van der Waals surface area contributed by atoms with E-state index in [1.165, 1.54) is 0 Å². The highest BCUT2D eigenvalue weighted by molar-refractivity contribution is 5.79.